The van der Waals surface area contributed by atoms with Gasteiger partial charge in [-0.2, -0.15) is 0 Å². The van der Waals surface area contributed by atoms with Gasteiger partial charge >= 0.3 is 11.9 Å². The van der Waals surface area contributed by atoms with Crippen molar-refractivity contribution in [1.82, 2.24) is 4.98 Å². The second-order valence-electron chi connectivity index (χ2n) is 7.90. The number of alkyl halides is 1. The first-order chi connectivity index (χ1) is 13.9. The van der Waals surface area contributed by atoms with Crippen LogP contribution in [0.25, 0.3) is 6.08 Å². The molecular formula is C22H27BrN2O4. The van der Waals surface area contributed by atoms with Crippen LogP contribution in [0.5, 0.6) is 0 Å². The van der Waals surface area contributed by atoms with Gasteiger partial charge < -0.3 is 14.9 Å². The molecule has 7 heteroatoms. The summed E-state index contributed by atoms with van der Waals surface area (Å²) >= 11 is 3.55. The van der Waals surface area contributed by atoms with E-state index in [1.807, 2.05) is 31.2 Å². The van der Waals surface area contributed by atoms with E-state index in [4.69, 9.17) is 14.9 Å². The highest BCUT2D eigenvalue weighted by atomic mass is 79.9. The van der Waals surface area contributed by atoms with Crippen molar-refractivity contribution >= 4 is 40.2 Å². The Kier molecular flexibility index (Phi) is 6.88. The minimum atomic E-state index is -0.548. The molecule has 0 amide bonds. The van der Waals surface area contributed by atoms with Crippen LogP contribution in [0.3, 0.4) is 0 Å². The number of hydrogen-bond acceptors (Lipinski definition) is 6. The van der Waals surface area contributed by atoms with E-state index in [-0.39, 0.29) is 48.3 Å². The third kappa shape index (κ3) is 4.29. The van der Waals surface area contributed by atoms with Crippen LogP contribution in [0.15, 0.2) is 30.5 Å². The molecule has 0 bridgehead atoms. The van der Waals surface area contributed by atoms with Crippen molar-refractivity contribution in [2.75, 3.05) is 11.9 Å². The SMILES string of the molecule is CC(=O)OC[C@H]1C[C@H]2C(=O)O[C@H](C)[C@H]2[C@@H](/C=C/c2ccccn2)[C@]1(C=N)CCBr. The van der Waals surface area contributed by atoms with Crippen LogP contribution in [0.1, 0.15) is 32.4 Å². The molecule has 6 atom stereocenters. The molecule has 1 saturated heterocycles. The first kappa shape index (κ1) is 21.7. The zero-order valence-electron chi connectivity index (χ0n) is 16.7. The van der Waals surface area contributed by atoms with Crippen LogP contribution in [0.4, 0.5) is 0 Å². The molecule has 1 N–H and O–H groups in total. The molecular weight excluding hydrogens is 436 g/mol. The number of nitrogens with zero attached hydrogens (tertiary/aromatic N) is 1. The fourth-order valence-corrected chi connectivity index (χ4v) is 5.72. The van der Waals surface area contributed by atoms with E-state index in [0.717, 1.165) is 5.69 Å². The van der Waals surface area contributed by atoms with Crippen molar-refractivity contribution < 1.29 is 19.1 Å². The molecule has 0 aromatic carbocycles. The van der Waals surface area contributed by atoms with Crippen LogP contribution in [0.2, 0.25) is 0 Å². The predicted molar refractivity (Wildman–Crippen MR) is 114 cm³/mol. The van der Waals surface area contributed by atoms with Gasteiger partial charge in [0, 0.05) is 41.9 Å². The average molecular weight is 463 g/mol. The predicted octanol–water partition coefficient (Wildman–Crippen LogP) is 3.89. The Labute approximate surface area is 179 Å². The summed E-state index contributed by atoms with van der Waals surface area (Å²) in [6, 6.07) is 5.71. The lowest BCUT2D eigenvalue weighted by Crippen LogP contribution is -2.52. The normalized spacial score (nSPS) is 33.9. The maximum Gasteiger partial charge on any atom is 0.309 e. The Balaban J connectivity index is 2.04. The van der Waals surface area contributed by atoms with Crippen molar-refractivity contribution in [3.63, 3.8) is 0 Å². The van der Waals surface area contributed by atoms with Crippen molar-refractivity contribution in [2.24, 2.45) is 29.1 Å². The molecule has 0 spiro atoms. The minimum absolute atomic E-state index is 0.0308. The fraction of sp³-hybridized carbons (Fsp3) is 0.545. The standard InChI is InChI=1S/C22H27BrN2O4/c1-14-20-18(21(27)29-14)11-16(12-28-15(2)26)22(13-24,8-9-23)19(20)7-6-17-5-3-4-10-25-17/h3-7,10,13-14,16,18-20,24H,8-9,11-12H2,1-2H3/b7-6+,24-13?/t14-,16-,18-,19-,20-,22+/m1/s1. The molecule has 1 saturated carbocycles. The number of cyclic esters (lactones) is 1. The van der Waals surface area contributed by atoms with Crippen LogP contribution in [-0.2, 0) is 19.1 Å². The van der Waals surface area contributed by atoms with Gasteiger partial charge in [-0.05, 0) is 43.9 Å². The van der Waals surface area contributed by atoms with E-state index in [1.165, 1.54) is 13.1 Å². The van der Waals surface area contributed by atoms with E-state index in [2.05, 4.69) is 27.0 Å². The van der Waals surface area contributed by atoms with E-state index in [9.17, 15) is 9.59 Å². The Bertz CT molecular complexity index is 784. The van der Waals surface area contributed by atoms with Gasteiger partial charge in [-0.3, -0.25) is 14.6 Å². The number of hydrogen-bond donors (Lipinski definition) is 1. The van der Waals surface area contributed by atoms with Crippen molar-refractivity contribution in [3.8, 4) is 0 Å². The van der Waals surface area contributed by atoms with Crippen molar-refractivity contribution in [3.05, 3.63) is 36.2 Å². The third-order valence-corrected chi connectivity index (χ3v) is 6.79. The summed E-state index contributed by atoms with van der Waals surface area (Å²) < 4.78 is 11.0. The van der Waals surface area contributed by atoms with Crippen LogP contribution in [0, 0.1) is 34.5 Å². The number of esters is 2. The van der Waals surface area contributed by atoms with Gasteiger partial charge in [-0.1, -0.05) is 28.1 Å². The first-order valence-corrected chi connectivity index (χ1v) is 11.1. The molecule has 1 aromatic heterocycles. The highest BCUT2D eigenvalue weighted by Crippen LogP contribution is 2.56. The monoisotopic (exact) mass is 462 g/mol. The lowest BCUT2D eigenvalue weighted by Gasteiger charge is -2.50. The zero-order chi connectivity index (χ0) is 21.0. The van der Waals surface area contributed by atoms with Gasteiger partial charge in [-0.25, -0.2) is 0 Å². The number of carbonyl (C=O) groups is 2. The number of rotatable bonds is 7. The molecule has 29 heavy (non-hydrogen) atoms. The lowest BCUT2D eigenvalue weighted by atomic mass is 9.52. The Morgan fingerprint density at radius 3 is 2.90 bits per heavy atom. The first-order valence-electron chi connectivity index (χ1n) is 9.93. The second-order valence-corrected chi connectivity index (χ2v) is 8.69. The van der Waals surface area contributed by atoms with E-state index >= 15 is 0 Å². The largest absolute Gasteiger partial charge is 0.466 e. The highest BCUT2D eigenvalue weighted by Gasteiger charge is 2.59. The number of aromatic nitrogens is 1. The maximum atomic E-state index is 12.5. The molecule has 0 radical (unpaired) electrons. The van der Waals surface area contributed by atoms with Gasteiger partial charge in [0.2, 0.25) is 0 Å². The number of fused-ring (bicyclic) bond motifs is 1. The van der Waals surface area contributed by atoms with Gasteiger partial charge in [0.25, 0.3) is 0 Å². The highest BCUT2D eigenvalue weighted by molar-refractivity contribution is 9.09. The van der Waals surface area contributed by atoms with E-state index in [1.54, 1.807) is 6.20 Å². The van der Waals surface area contributed by atoms with Crippen LogP contribution in [-0.4, -0.2) is 41.2 Å². The number of pyridine rings is 1. The third-order valence-electron chi connectivity index (χ3n) is 6.39. The Hall–Kier alpha value is -2.02. The van der Waals surface area contributed by atoms with Gasteiger partial charge in [0.1, 0.15) is 6.10 Å². The van der Waals surface area contributed by atoms with Crippen LogP contribution < -0.4 is 0 Å². The van der Waals surface area contributed by atoms with Crippen molar-refractivity contribution in [2.45, 2.75) is 32.8 Å². The number of halogens is 1. The minimum Gasteiger partial charge on any atom is -0.466 e. The number of nitrogens with one attached hydrogen (secondary N) is 1. The molecule has 2 fully saturated rings. The lowest BCUT2D eigenvalue weighted by molar-refractivity contribution is -0.146. The Morgan fingerprint density at radius 1 is 1.48 bits per heavy atom. The smallest absolute Gasteiger partial charge is 0.309 e. The molecule has 0 unspecified atom stereocenters. The summed E-state index contributed by atoms with van der Waals surface area (Å²) in [7, 11) is 0. The van der Waals surface area contributed by atoms with Crippen molar-refractivity contribution in [1.29, 1.82) is 5.41 Å². The zero-order valence-corrected chi connectivity index (χ0v) is 18.3. The van der Waals surface area contributed by atoms with Gasteiger partial charge in [0.15, 0.2) is 0 Å². The quantitative estimate of drug-likeness (QED) is 0.377. The molecule has 3 rings (SSSR count). The number of ether oxygens (including phenoxy) is 2. The molecule has 1 aromatic rings. The summed E-state index contributed by atoms with van der Waals surface area (Å²) in [4.78, 5) is 28.4. The summed E-state index contributed by atoms with van der Waals surface area (Å²) in [5.74, 6) is -1.08. The molecule has 1 aliphatic carbocycles. The molecule has 1 aliphatic heterocycles. The number of carbonyl (C=O) groups excluding carboxylic acids is 2. The van der Waals surface area contributed by atoms with E-state index < -0.39 is 5.41 Å². The van der Waals surface area contributed by atoms with Gasteiger partial charge in [0.05, 0.1) is 18.2 Å². The average Bonchev–Trinajstić information content (AvgIpc) is 2.99. The molecule has 2 aliphatic rings. The fourth-order valence-electron chi connectivity index (χ4n) is 5.03. The summed E-state index contributed by atoms with van der Waals surface area (Å²) in [6.07, 6.45) is 8.29. The maximum absolute atomic E-state index is 12.5. The number of allylic oxidation sites excluding steroid dienone is 1. The molecule has 156 valence electrons. The second kappa shape index (κ2) is 9.20. The molecule has 6 nitrogen and oxygen atoms in total. The van der Waals surface area contributed by atoms with E-state index in [0.29, 0.717) is 18.2 Å². The van der Waals surface area contributed by atoms with Gasteiger partial charge in [-0.15, -0.1) is 0 Å². The Morgan fingerprint density at radius 2 is 2.28 bits per heavy atom. The summed E-state index contributed by atoms with van der Waals surface area (Å²) in [5.41, 5.74) is 0.273. The van der Waals surface area contributed by atoms with Crippen LogP contribution >= 0.6 is 15.9 Å². The topological polar surface area (TPSA) is 89.3 Å². The summed E-state index contributed by atoms with van der Waals surface area (Å²) in [5, 5.41) is 9.09. The molecule has 2 heterocycles. The summed E-state index contributed by atoms with van der Waals surface area (Å²) in [6.45, 7) is 3.50.